The molecule has 4 heteroatoms. The van der Waals surface area contributed by atoms with Gasteiger partial charge in [0.1, 0.15) is 0 Å². The molecule has 0 amide bonds. The Kier molecular flexibility index (Phi) is 2.45. The van der Waals surface area contributed by atoms with E-state index in [1.807, 2.05) is 31.2 Å². The Bertz CT molecular complexity index is 448. The fraction of sp³-hybridized carbons (Fsp3) is 0.100. The number of benzene rings is 1. The zero-order valence-corrected chi connectivity index (χ0v) is 9.76. The Labute approximate surface area is 95.5 Å². The molecule has 1 aromatic carbocycles. The lowest BCUT2D eigenvalue weighted by Crippen LogP contribution is -1.95. The highest BCUT2D eigenvalue weighted by Gasteiger charge is 2.04. The molecule has 3 nitrogen and oxygen atoms in total. The number of hydrogen-bond donors (Lipinski definition) is 1. The minimum atomic E-state index is 0.170. The Morgan fingerprint density at radius 1 is 1.29 bits per heavy atom. The number of nitrogens with zero attached hydrogens (tertiary/aromatic N) is 2. The Hall–Kier alpha value is -1.04. The van der Waals surface area contributed by atoms with Crippen molar-refractivity contribution in [3.63, 3.8) is 0 Å². The molecule has 2 rings (SSSR count). The summed E-state index contributed by atoms with van der Waals surface area (Å²) in [6, 6.07) is 9.44. The van der Waals surface area contributed by atoms with Crippen LogP contribution in [0.3, 0.4) is 0 Å². The summed E-state index contributed by atoms with van der Waals surface area (Å²) < 4.78 is 2.68. The van der Waals surface area contributed by atoms with E-state index < -0.39 is 0 Å². The fourth-order valence-corrected chi connectivity index (χ4v) is 1.62. The van der Waals surface area contributed by atoms with Gasteiger partial charge in [-0.1, -0.05) is 0 Å². The maximum atomic E-state index is 9.55. The van der Waals surface area contributed by atoms with Crippen molar-refractivity contribution in [2.24, 2.45) is 0 Å². The van der Waals surface area contributed by atoms with E-state index in [9.17, 15) is 5.11 Å². The van der Waals surface area contributed by atoms with Crippen LogP contribution < -0.4 is 0 Å². The standard InChI is InChI=1S/C10H9IN2O/c1-7-6-10(14)13(12-7)9-4-2-8(11)3-5-9/h2-6,14H,1H3. The summed E-state index contributed by atoms with van der Waals surface area (Å²) in [5, 5.41) is 13.7. The van der Waals surface area contributed by atoms with Crippen molar-refractivity contribution in [2.75, 3.05) is 0 Å². The molecular weight excluding hydrogens is 291 g/mol. The molecule has 0 unspecified atom stereocenters. The summed E-state index contributed by atoms with van der Waals surface area (Å²) in [4.78, 5) is 0. The number of rotatable bonds is 1. The first-order valence-corrected chi connectivity index (χ1v) is 5.26. The summed E-state index contributed by atoms with van der Waals surface area (Å²) in [6.07, 6.45) is 0. The van der Waals surface area contributed by atoms with Crippen LogP contribution in [0.25, 0.3) is 5.69 Å². The monoisotopic (exact) mass is 300 g/mol. The summed E-state index contributed by atoms with van der Waals surface area (Å²) in [7, 11) is 0. The van der Waals surface area contributed by atoms with E-state index in [1.54, 1.807) is 6.07 Å². The van der Waals surface area contributed by atoms with Crippen LogP contribution in [0.5, 0.6) is 5.88 Å². The van der Waals surface area contributed by atoms with Crippen LogP contribution in [-0.2, 0) is 0 Å². The van der Waals surface area contributed by atoms with Crippen molar-refractivity contribution in [2.45, 2.75) is 6.92 Å². The number of hydrogen-bond acceptors (Lipinski definition) is 2. The minimum absolute atomic E-state index is 0.170. The Morgan fingerprint density at radius 2 is 1.93 bits per heavy atom. The second-order valence-corrected chi connectivity index (χ2v) is 4.28. The SMILES string of the molecule is Cc1cc(O)n(-c2ccc(I)cc2)n1. The lowest BCUT2D eigenvalue weighted by atomic mass is 10.3. The summed E-state index contributed by atoms with van der Waals surface area (Å²) >= 11 is 2.24. The van der Waals surface area contributed by atoms with Crippen LogP contribution in [0.2, 0.25) is 0 Å². The lowest BCUT2D eigenvalue weighted by Gasteiger charge is -2.02. The molecule has 1 N–H and O–H groups in total. The van der Waals surface area contributed by atoms with Crippen LogP contribution in [0.1, 0.15) is 5.69 Å². The van der Waals surface area contributed by atoms with E-state index in [2.05, 4.69) is 27.7 Å². The van der Waals surface area contributed by atoms with Crippen LogP contribution >= 0.6 is 22.6 Å². The molecule has 0 spiro atoms. The molecule has 0 radical (unpaired) electrons. The Balaban J connectivity index is 2.49. The highest BCUT2D eigenvalue weighted by Crippen LogP contribution is 2.18. The van der Waals surface area contributed by atoms with Gasteiger partial charge in [0.05, 0.1) is 11.4 Å². The first kappa shape index (κ1) is 9.51. The van der Waals surface area contributed by atoms with Crippen LogP contribution in [0.15, 0.2) is 30.3 Å². The molecule has 0 aliphatic heterocycles. The maximum absolute atomic E-state index is 9.55. The maximum Gasteiger partial charge on any atom is 0.214 e. The largest absolute Gasteiger partial charge is 0.493 e. The fourth-order valence-electron chi connectivity index (χ4n) is 1.26. The summed E-state index contributed by atoms with van der Waals surface area (Å²) in [6.45, 7) is 1.85. The van der Waals surface area contributed by atoms with Crippen LogP contribution in [0, 0.1) is 10.5 Å². The minimum Gasteiger partial charge on any atom is -0.493 e. The molecular formula is C10H9IN2O. The quantitative estimate of drug-likeness (QED) is 0.822. The molecule has 0 bridgehead atoms. The van der Waals surface area contributed by atoms with Gasteiger partial charge in [0, 0.05) is 9.64 Å². The van der Waals surface area contributed by atoms with E-state index in [-0.39, 0.29) is 5.88 Å². The van der Waals surface area contributed by atoms with Crippen molar-refractivity contribution in [1.29, 1.82) is 0 Å². The number of aryl methyl sites for hydroxylation is 1. The van der Waals surface area contributed by atoms with Crippen molar-refractivity contribution in [1.82, 2.24) is 9.78 Å². The second kappa shape index (κ2) is 3.61. The molecule has 14 heavy (non-hydrogen) atoms. The van der Waals surface area contributed by atoms with E-state index in [4.69, 9.17) is 0 Å². The number of aromatic nitrogens is 2. The van der Waals surface area contributed by atoms with Crippen LogP contribution in [-0.4, -0.2) is 14.9 Å². The zero-order chi connectivity index (χ0) is 10.1. The molecule has 72 valence electrons. The predicted molar refractivity (Wildman–Crippen MR) is 62.7 cm³/mol. The Morgan fingerprint density at radius 3 is 2.43 bits per heavy atom. The first-order valence-electron chi connectivity index (χ1n) is 4.18. The topological polar surface area (TPSA) is 38.0 Å². The summed E-state index contributed by atoms with van der Waals surface area (Å²) in [5.74, 6) is 0.170. The molecule has 0 atom stereocenters. The predicted octanol–water partition coefficient (Wildman–Crippen LogP) is 2.49. The van der Waals surface area contributed by atoms with Gasteiger partial charge in [-0.3, -0.25) is 0 Å². The smallest absolute Gasteiger partial charge is 0.214 e. The van der Waals surface area contributed by atoms with Crippen molar-refractivity contribution < 1.29 is 5.11 Å². The van der Waals surface area contributed by atoms with Gasteiger partial charge in [-0.15, -0.1) is 0 Å². The van der Waals surface area contributed by atoms with Crippen LogP contribution in [0.4, 0.5) is 0 Å². The van der Waals surface area contributed by atoms with Gasteiger partial charge in [0.2, 0.25) is 5.88 Å². The summed E-state index contributed by atoms with van der Waals surface area (Å²) in [5.41, 5.74) is 1.68. The molecule has 2 aromatic rings. The highest BCUT2D eigenvalue weighted by atomic mass is 127. The van der Waals surface area contributed by atoms with Crippen molar-refractivity contribution in [3.8, 4) is 11.6 Å². The normalized spacial score (nSPS) is 10.4. The molecule has 1 aromatic heterocycles. The first-order chi connectivity index (χ1) is 6.66. The highest BCUT2D eigenvalue weighted by molar-refractivity contribution is 14.1. The average molecular weight is 300 g/mol. The van der Waals surface area contributed by atoms with Crippen molar-refractivity contribution in [3.05, 3.63) is 39.6 Å². The van der Waals surface area contributed by atoms with E-state index >= 15 is 0 Å². The number of aromatic hydroxyl groups is 1. The molecule has 1 heterocycles. The molecule has 0 fully saturated rings. The zero-order valence-electron chi connectivity index (χ0n) is 7.61. The lowest BCUT2D eigenvalue weighted by molar-refractivity contribution is 0.433. The van der Waals surface area contributed by atoms with E-state index in [0.717, 1.165) is 15.0 Å². The van der Waals surface area contributed by atoms with E-state index in [1.165, 1.54) is 4.68 Å². The third-order valence-electron chi connectivity index (χ3n) is 1.88. The van der Waals surface area contributed by atoms with Gasteiger partial charge >= 0.3 is 0 Å². The van der Waals surface area contributed by atoms with E-state index in [0.29, 0.717) is 0 Å². The van der Waals surface area contributed by atoms with Gasteiger partial charge in [-0.05, 0) is 53.8 Å². The molecule has 0 saturated carbocycles. The molecule has 0 aliphatic rings. The second-order valence-electron chi connectivity index (χ2n) is 3.03. The third-order valence-corrected chi connectivity index (χ3v) is 2.60. The van der Waals surface area contributed by atoms with Gasteiger partial charge in [-0.25, -0.2) is 4.68 Å². The van der Waals surface area contributed by atoms with Gasteiger partial charge in [-0.2, -0.15) is 5.10 Å². The van der Waals surface area contributed by atoms with Gasteiger partial charge < -0.3 is 5.11 Å². The molecule has 0 aliphatic carbocycles. The number of halogens is 1. The van der Waals surface area contributed by atoms with Crippen molar-refractivity contribution >= 4 is 22.6 Å². The van der Waals surface area contributed by atoms with Gasteiger partial charge in [0.15, 0.2) is 0 Å². The average Bonchev–Trinajstić information content (AvgIpc) is 2.47. The molecule has 0 saturated heterocycles. The third kappa shape index (κ3) is 1.75. The van der Waals surface area contributed by atoms with Gasteiger partial charge in [0.25, 0.3) is 0 Å².